The van der Waals surface area contributed by atoms with Gasteiger partial charge in [0.25, 0.3) is 0 Å². The summed E-state index contributed by atoms with van der Waals surface area (Å²) in [5.41, 5.74) is 6.95. The molecule has 122 valence electrons. The van der Waals surface area contributed by atoms with Gasteiger partial charge in [-0.3, -0.25) is 0 Å². The summed E-state index contributed by atoms with van der Waals surface area (Å²) in [5, 5.41) is 0.379. The minimum atomic E-state index is -0.361. The average Bonchev–Trinajstić information content (AvgIpc) is 2.72. The lowest BCUT2D eigenvalue weighted by Crippen LogP contribution is -2.32. The van der Waals surface area contributed by atoms with Crippen LogP contribution in [-0.2, 0) is 4.74 Å². The third kappa shape index (κ3) is 3.38. The molecule has 5 nitrogen and oxygen atoms in total. The quantitative estimate of drug-likeness (QED) is 0.912. The highest BCUT2D eigenvalue weighted by Gasteiger charge is 2.29. The molecule has 0 aliphatic carbocycles. The summed E-state index contributed by atoms with van der Waals surface area (Å²) in [6, 6.07) is 6.16. The van der Waals surface area contributed by atoms with Crippen molar-refractivity contribution < 1.29 is 9.13 Å². The number of aryl methyl sites for hydroxylation is 1. The molecule has 7 heteroatoms. The average molecular weight is 337 g/mol. The second kappa shape index (κ2) is 6.68. The Bertz CT molecular complexity index is 672. The van der Waals surface area contributed by atoms with Crippen molar-refractivity contribution in [3.63, 3.8) is 0 Å². The molecule has 23 heavy (non-hydrogen) atoms. The standard InChI is InChI=1S/C16H18ClFN4O/c1-10-8-14(21-16(19)20-10)22-6-3-7-23-9-13(22)15-11(17)4-2-5-12(15)18/h2,4-5,8,13H,3,6-7,9H2,1H3,(H2,19,20,21). The molecule has 1 aliphatic rings. The summed E-state index contributed by atoms with van der Waals surface area (Å²) >= 11 is 6.25. The number of nitrogens with two attached hydrogens (primary N) is 1. The third-order valence-corrected chi connectivity index (χ3v) is 4.15. The van der Waals surface area contributed by atoms with Crippen LogP contribution < -0.4 is 10.6 Å². The van der Waals surface area contributed by atoms with Crippen LogP contribution in [0, 0.1) is 12.7 Å². The van der Waals surface area contributed by atoms with Crippen LogP contribution in [0.3, 0.4) is 0 Å². The zero-order valence-electron chi connectivity index (χ0n) is 12.8. The normalized spacial score (nSPS) is 18.7. The Balaban J connectivity index is 2.07. The largest absolute Gasteiger partial charge is 0.379 e. The van der Waals surface area contributed by atoms with E-state index < -0.39 is 0 Å². The minimum absolute atomic E-state index is 0.198. The van der Waals surface area contributed by atoms with Crippen molar-refractivity contribution in [3.05, 3.63) is 46.4 Å². The van der Waals surface area contributed by atoms with Crippen LogP contribution in [0.15, 0.2) is 24.3 Å². The highest BCUT2D eigenvalue weighted by molar-refractivity contribution is 6.31. The Morgan fingerprint density at radius 3 is 2.96 bits per heavy atom. The maximum atomic E-state index is 14.4. The molecule has 1 saturated heterocycles. The second-order valence-corrected chi connectivity index (χ2v) is 5.91. The highest BCUT2D eigenvalue weighted by Crippen LogP contribution is 2.34. The zero-order valence-corrected chi connectivity index (χ0v) is 13.6. The van der Waals surface area contributed by atoms with Crippen LogP contribution in [0.1, 0.15) is 23.7 Å². The SMILES string of the molecule is Cc1cc(N2CCCOCC2c2c(F)cccc2Cl)nc(N)n1. The molecule has 1 fully saturated rings. The summed E-state index contributed by atoms with van der Waals surface area (Å²) in [6.45, 7) is 3.47. The van der Waals surface area contributed by atoms with E-state index in [1.807, 2.05) is 17.9 Å². The van der Waals surface area contributed by atoms with E-state index in [9.17, 15) is 4.39 Å². The molecule has 2 N–H and O–H groups in total. The smallest absolute Gasteiger partial charge is 0.222 e. The molecular weight excluding hydrogens is 319 g/mol. The summed E-state index contributed by atoms with van der Waals surface area (Å²) in [6.07, 6.45) is 0.811. The molecule has 1 aromatic heterocycles. The summed E-state index contributed by atoms with van der Waals surface area (Å²) in [7, 11) is 0. The lowest BCUT2D eigenvalue weighted by atomic mass is 10.0. The van der Waals surface area contributed by atoms with Gasteiger partial charge in [0.2, 0.25) is 5.95 Å². The molecule has 3 rings (SSSR count). The van der Waals surface area contributed by atoms with Gasteiger partial charge in [-0.25, -0.2) is 9.37 Å². The van der Waals surface area contributed by atoms with Crippen molar-refractivity contribution in [2.45, 2.75) is 19.4 Å². The number of hydrogen-bond acceptors (Lipinski definition) is 5. The van der Waals surface area contributed by atoms with Gasteiger partial charge in [-0.2, -0.15) is 4.98 Å². The predicted molar refractivity (Wildman–Crippen MR) is 88.1 cm³/mol. The van der Waals surface area contributed by atoms with E-state index in [4.69, 9.17) is 22.1 Å². The zero-order chi connectivity index (χ0) is 16.4. The van der Waals surface area contributed by atoms with Crippen LogP contribution in [0.4, 0.5) is 16.2 Å². The Hall–Kier alpha value is -1.92. The molecule has 1 atom stereocenters. The van der Waals surface area contributed by atoms with E-state index in [1.165, 1.54) is 6.07 Å². The molecule has 1 aromatic carbocycles. The fraction of sp³-hybridized carbons (Fsp3) is 0.375. The first kappa shape index (κ1) is 16.0. The maximum absolute atomic E-state index is 14.4. The van der Waals surface area contributed by atoms with Gasteiger partial charge in [0, 0.05) is 35.5 Å². The van der Waals surface area contributed by atoms with E-state index >= 15 is 0 Å². The number of nitrogen functional groups attached to an aromatic ring is 1. The van der Waals surface area contributed by atoms with Crippen LogP contribution in [0.5, 0.6) is 0 Å². The maximum Gasteiger partial charge on any atom is 0.222 e. The fourth-order valence-corrected chi connectivity index (χ4v) is 3.13. The van der Waals surface area contributed by atoms with Gasteiger partial charge in [-0.1, -0.05) is 17.7 Å². The summed E-state index contributed by atoms with van der Waals surface area (Å²) in [5.74, 6) is 0.505. The van der Waals surface area contributed by atoms with Crippen LogP contribution in [0.2, 0.25) is 5.02 Å². The predicted octanol–water partition coefficient (Wildman–Crippen LogP) is 3.13. The van der Waals surface area contributed by atoms with E-state index in [0.29, 0.717) is 36.2 Å². The number of aromatic nitrogens is 2. The Labute approximate surface area is 139 Å². The molecular formula is C16H18ClFN4O. The molecule has 1 aliphatic heterocycles. The first-order chi connectivity index (χ1) is 11.1. The van der Waals surface area contributed by atoms with E-state index in [2.05, 4.69) is 9.97 Å². The Morgan fingerprint density at radius 2 is 2.22 bits per heavy atom. The number of benzene rings is 1. The molecule has 2 aromatic rings. The van der Waals surface area contributed by atoms with Gasteiger partial charge in [-0.05, 0) is 25.5 Å². The topological polar surface area (TPSA) is 64.3 Å². The number of hydrogen-bond donors (Lipinski definition) is 1. The van der Waals surface area contributed by atoms with Crippen molar-refractivity contribution in [3.8, 4) is 0 Å². The highest BCUT2D eigenvalue weighted by atomic mass is 35.5. The molecule has 0 bridgehead atoms. The number of halogens is 2. The monoisotopic (exact) mass is 336 g/mol. The second-order valence-electron chi connectivity index (χ2n) is 5.50. The van der Waals surface area contributed by atoms with Crippen molar-refractivity contribution in [1.82, 2.24) is 9.97 Å². The van der Waals surface area contributed by atoms with Crippen molar-refractivity contribution in [2.24, 2.45) is 0 Å². The number of rotatable bonds is 2. The summed E-state index contributed by atoms with van der Waals surface area (Å²) < 4.78 is 20.0. The first-order valence-electron chi connectivity index (χ1n) is 7.45. The van der Waals surface area contributed by atoms with E-state index in [1.54, 1.807) is 12.1 Å². The van der Waals surface area contributed by atoms with Gasteiger partial charge in [0.15, 0.2) is 0 Å². The molecule has 0 amide bonds. The Morgan fingerprint density at radius 1 is 1.39 bits per heavy atom. The van der Waals surface area contributed by atoms with Crippen molar-refractivity contribution in [1.29, 1.82) is 0 Å². The number of nitrogens with zero attached hydrogens (tertiary/aromatic N) is 3. The van der Waals surface area contributed by atoms with Gasteiger partial charge >= 0.3 is 0 Å². The third-order valence-electron chi connectivity index (χ3n) is 3.82. The fourth-order valence-electron chi connectivity index (χ4n) is 2.84. The van der Waals surface area contributed by atoms with Gasteiger partial charge in [0.1, 0.15) is 11.6 Å². The lowest BCUT2D eigenvalue weighted by Gasteiger charge is -2.31. The summed E-state index contributed by atoms with van der Waals surface area (Å²) in [4.78, 5) is 10.4. The molecule has 0 radical (unpaired) electrons. The Kier molecular flexibility index (Phi) is 4.63. The first-order valence-corrected chi connectivity index (χ1v) is 7.83. The van der Waals surface area contributed by atoms with Gasteiger partial charge < -0.3 is 15.4 Å². The van der Waals surface area contributed by atoms with Crippen LogP contribution >= 0.6 is 11.6 Å². The van der Waals surface area contributed by atoms with E-state index in [0.717, 1.165) is 12.1 Å². The van der Waals surface area contributed by atoms with Gasteiger partial charge in [0.05, 0.1) is 12.6 Å². The van der Waals surface area contributed by atoms with E-state index in [-0.39, 0.29) is 17.8 Å². The van der Waals surface area contributed by atoms with Crippen LogP contribution in [-0.4, -0.2) is 29.7 Å². The lowest BCUT2D eigenvalue weighted by molar-refractivity contribution is 0.133. The van der Waals surface area contributed by atoms with Crippen molar-refractivity contribution in [2.75, 3.05) is 30.4 Å². The van der Waals surface area contributed by atoms with Crippen LogP contribution in [0.25, 0.3) is 0 Å². The number of ether oxygens (including phenoxy) is 1. The molecule has 0 spiro atoms. The minimum Gasteiger partial charge on any atom is -0.379 e. The number of anilines is 2. The van der Waals surface area contributed by atoms with Gasteiger partial charge in [-0.15, -0.1) is 0 Å². The molecule has 1 unspecified atom stereocenters. The van der Waals surface area contributed by atoms with Crippen molar-refractivity contribution >= 4 is 23.4 Å². The molecule has 2 heterocycles. The molecule has 0 saturated carbocycles.